The zero-order valence-corrected chi connectivity index (χ0v) is 8.42. The van der Waals surface area contributed by atoms with Crippen molar-refractivity contribution in [1.29, 1.82) is 0 Å². The second-order valence-electron chi connectivity index (χ2n) is 3.46. The van der Waals surface area contributed by atoms with E-state index >= 15 is 0 Å². The Morgan fingerprint density at radius 2 is 2.27 bits per heavy atom. The maximum absolute atomic E-state index is 13.0. The van der Waals surface area contributed by atoms with Gasteiger partial charge in [-0.1, -0.05) is 6.07 Å². The molecule has 1 aliphatic heterocycles. The number of hydrogen-bond donors (Lipinski definition) is 2. The van der Waals surface area contributed by atoms with Crippen LogP contribution in [0.3, 0.4) is 0 Å². The number of aliphatic imine (C=N–C) groups is 1. The number of hydrogen-bond acceptors (Lipinski definition) is 3. The van der Waals surface area contributed by atoms with Crippen LogP contribution in [0.4, 0.5) is 10.1 Å². The molecule has 0 unspecified atom stereocenters. The third-order valence-electron chi connectivity index (χ3n) is 2.22. The molecule has 0 bridgehead atoms. The molecule has 1 heterocycles. The predicted molar refractivity (Wildman–Crippen MR) is 59.1 cm³/mol. The van der Waals surface area contributed by atoms with Gasteiger partial charge in [0, 0.05) is 11.8 Å². The highest BCUT2D eigenvalue weighted by molar-refractivity contribution is 6.03. The van der Waals surface area contributed by atoms with E-state index in [0.717, 1.165) is 17.0 Å². The second-order valence-corrected chi connectivity index (χ2v) is 3.46. The van der Waals surface area contributed by atoms with Crippen molar-refractivity contribution in [3.05, 3.63) is 41.5 Å². The van der Waals surface area contributed by atoms with E-state index in [1.165, 1.54) is 6.07 Å². The first-order valence-corrected chi connectivity index (χ1v) is 4.70. The highest BCUT2D eigenvalue weighted by Crippen LogP contribution is 2.14. The lowest BCUT2D eigenvalue weighted by Gasteiger charge is -2.13. The Morgan fingerprint density at radius 1 is 1.47 bits per heavy atom. The van der Waals surface area contributed by atoms with Gasteiger partial charge in [-0.05, 0) is 19.1 Å². The van der Waals surface area contributed by atoms with Crippen LogP contribution in [0.1, 0.15) is 12.5 Å². The Kier molecular flexibility index (Phi) is 2.41. The van der Waals surface area contributed by atoms with Crippen molar-refractivity contribution < 1.29 is 4.39 Å². The van der Waals surface area contributed by atoms with Gasteiger partial charge in [0.1, 0.15) is 5.82 Å². The lowest BCUT2D eigenvalue weighted by Crippen LogP contribution is -2.23. The fourth-order valence-corrected chi connectivity index (χ4v) is 1.47. The molecular formula is C11H12FN3. The standard InChI is InChI=1S/C11H12FN3/c1-7-5-14-6-11(15-7)8-2-3-9(12)10(13)4-8/h2-5,14H,6,13H2,1H3. The highest BCUT2D eigenvalue weighted by atomic mass is 19.1. The molecule has 0 saturated carbocycles. The average molecular weight is 205 g/mol. The first-order chi connectivity index (χ1) is 7.16. The van der Waals surface area contributed by atoms with Crippen LogP contribution in [0.15, 0.2) is 35.1 Å². The number of allylic oxidation sites excluding steroid dienone is 1. The molecule has 0 amide bonds. The molecule has 1 aromatic carbocycles. The van der Waals surface area contributed by atoms with Crippen molar-refractivity contribution in [2.75, 3.05) is 12.3 Å². The summed E-state index contributed by atoms with van der Waals surface area (Å²) < 4.78 is 13.0. The molecule has 3 N–H and O–H groups in total. The van der Waals surface area contributed by atoms with Crippen LogP contribution in [-0.4, -0.2) is 12.3 Å². The molecule has 78 valence electrons. The molecule has 2 rings (SSSR count). The summed E-state index contributed by atoms with van der Waals surface area (Å²) >= 11 is 0. The van der Waals surface area contributed by atoms with E-state index in [1.54, 1.807) is 12.1 Å². The first kappa shape index (κ1) is 9.71. The van der Waals surface area contributed by atoms with Crippen LogP contribution in [0, 0.1) is 5.82 Å². The summed E-state index contributed by atoms with van der Waals surface area (Å²) in [6.07, 6.45) is 1.84. The van der Waals surface area contributed by atoms with Gasteiger partial charge < -0.3 is 11.1 Å². The van der Waals surface area contributed by atoms with Gasteiger partial charge in [0.15, 0.2) is 0 Å². The number of halogens is 1. The number of nitrogens with two attached hydrogens (primary N) is 1. The van der Waals surface area contributed by atoms with Gasteiger partial charge in [-0.2, -0.15) is 0 Å². The number of benzene rings is 1. The van der Waals surface area contributed by atoms with E-state index in [0.29, 0.717) is 6.54 Å². The summed E-state index contributed by atoms with van der Waals surface area (Å²) in [5, 5.41) is 3.09. The molecule has 1 aromatic rings. The Balaban J connectivity index is 2.38. The molecule has 0 fully saturated rings. The third-order valence-corrected chi connectivity index (χ3v) is 2.22. The molecular weight excluding hydrogens is 193 g/mol. The predicted octanol–water partition coefficient (Wildman–Crippen LogP) is 1.66. The van der Waals surface area contributed by atoms with Crippen molar-refractivity contribution in [3.63, 3.8) is 0 Å². The molecule has 0 atom stereocenters. The van der Waals surface area contributed by atoms with Crippen molar-refractivity contribution in [3.8, 4) is 0 Å². The fourth-order valence-electron chi connectivity index (χ4n) is 1.47. The van der Waals surface area contributed by atoms with Gasteiger partial charge in [0.05, 0.1) is 23.6 Å². The first-order valence-electron chi connectivity index (χ1n) is 4.70. The van der Waals surface area contributed by atoms with Crippen molar-refractivity contribution in [1.82, 2.24) is 5.32 Å². The summed E-state index contributed by atoms with van der Waals surface area (Å²) in [4.78, 5) is 4.36. The van der Waals surface area contributed by atoms with E-state index in [-0.39, 0.29) is 5.69 Å². The minimum atomic E-state index is -0.393. The Hall–Kier alpha value is -1.84. The van der Waals surface area contributed by atoms with Crippen molar-refractivity contribution >= 4 is 11.4 Å². The van der Waals surface area contributed by atoms with Gasteiger partial charge in [0.25, 0.3) is 0 Å². The summed E-state index contributed by atoms with van der Waals surface area (Å²) in [6, 6.07) is 4.65. The van der Waals surface area contributed by atoms with E-state index in [9.17, 15) is 4.39 Å². The fraction of sp³-hybridized carbons (Fsp3) is 0.182. The molecule has 4 heteroatoms. The molecule has 0 spiro atoms. The van der Waals surface area contributed by atoms with E-state index in [2.05, 4.69) is 10.3 Å². The summed E-state index contributed by atoms with van der Waals surface area (Å²) in [5.74, 6) is -0.393. The molecule has 0 aliphatic carbocycles. The Labute approximate surface area is 87.5 Å². The van der Waals surface area contributed by atoms with Gasteiger partial charge in [-0.25, -0.2) is 4.39 Å². The van der Waals surface area contributed by atoms with E-state index in [4.69, 9.17) is 5.73 Å². The summed E-state index contributed by atoms with van der Waals surface area (Å²) in [5.41, 5.74) is 8.29. The molecule has 0 saturated heterocycles. The SMILES string of the molecule is CC1=CNCC(c2ccc(F)c(N)c2)=N1. The monoisotopic (exact) mass is 205 g/mol. The largest absolute Gasteiger partial charge is 0.396 e. The normalized spacial score (nSPS) is 15.3. The van der Waals surface area contributed by atoms with Crippen LogP contribution in [-0.2, 0) is 0 Å². The van der Waals surface area contributed by atoms with E-state index < -0.39 is 5.82 Å². The minimum absolute atomic E-state index is 0.155. The van der Waals surface area contributed by atoms with Crippen LogP contribution in [0.2, 0.25) is 0 Å². The average Bonchev–Trinajstić information content (AvgIpc) is 2.22. The van der Waals surface area contributed by atoms with Crippen LogP contribution < -0.4 is 11.1 Å². The Bertz CT molecular complexity index is 449. The summed E-state index contributed by atoms with van der Waals surface area (Å²) in [7, 11) is 0. The lowest BCUT2D eigenvalue weighted by atomic mass is 10.1. The van der Waals surface area contributed by atoms with Gasteiger partial charge >= 0.3 is 0 Å². The number of nitrogen functional groups attached to an aromatic ring is 1. The number of nitrogens with one attached hydrogen (secondary N) is 1. The zero-order chi connectivity index (χ0) is 10.8. The van der Waals surface area contributed by atoms with Crippen molar-refractivity contribution in [2.45, 2.75) is 6.92 Å². The molecule has 3 nitrogen and oxygen atoms in total. The number of rotatable bonds is 1. The van der Waals surface area contributed by atoms with Gasteiger partial charge in [-0.15, -0.1) is 0 Å². The maximum Gasteiger partial charge on any atom is 0.146 e. The quantitative estimate of drug-likeness (QED) is 0.685. The second kappa shape index (κ2) is 3.73. The third kappa shape index (κ3) is 1.98. The Morgan fingerprint density at radius 3 is 2.93 bits per heavy atom. The smallest absolute Gasteiger partial charge is 0.146 e. The molecule has 0 aromatic heterocycles. The molecule has 15 heavy (non-hydrogen) atoms. The van der Waals surface area contributed by atoms with Gasteiger partial charge in [0.2, 0.25) is 0 Å². The number of nitrogens with zero attached hydrogens (tertiary/aromatic N) is 1. The minimum Gasteiger partial charge on any atom is -0.396 e. The van der Waals surface area contributed by atoms with E-state index in [1.807, 2.05) is 13.1 Å². The van der Waals surface area contributed by atoms with Crippen molar-refractivity contribution in [2.24, 2.45) is 4.99 Å². The molecule has 0 radical (unpaired) electrons. The van der Waals surface area contributed by atoms with Crippen LogP contribution in [0.25, 0.3) is 0 Å². The molecule has 1 aliphatic rings. The summed E-state index contributed by atoms with van der Waals surface area (Å²) in [6.45, 7) is 2.54. The van der Waals surface area contributed by atoms with Crippen LogP contribution in [0.5, 0.6) is 0 Å². The number of anilines is 1. The maximum atomic E-state index is 13.0. The topological polar surface area (TPSA) is 50.4 Å². The highest BCUT2D eigenvalue weighted by Gasteiger charge is 2.08. The van der Waals surface area contributed by atoms with Gasteiger partial charge in [-0.3, -0.25) is 4.99 Å². The van der Waals surface area contributed by atoms with Crippen LogP contribution >= 0.6 is 0 Å². The zero-order valence-electron chi connectivity index (χ0n) is 8.42. The lowest BCUT2D eigenvalue weighted by molar-refractivity contribution is 0.632.